The summed E-state index contributed by atoms with van der Waals surface area (Å²) in [6.45, 7) is 4.02. The molecule has 9 heteroatoms. The average Bonchev–Trinajstić information content (AvgIpc) is 3.58. The van der Waals surface area contributed by atoms with E-state index < -0.39 is 11.9 Å². The quantitative estimate of drug-likeness (QED) is 0.215. The summed E-state index contributed by atoms with van der Waals surface area (Å²) in [5, 5.41) is 0. The molecule has 7 nitrogen and oxygen atoms in total. The van der Waals surface area contributed by atoms with Crippen molar-refractivity contribution in [1.82, 2.24) is 0 Å². The topological polar surface area (TPSA) is 84.0 Å². The van der Waals surface area contributed by atoms with Crippen LogP contribution in [0.5, 0.6) is 5.75 Å². The summed E-state index contributed by atoms with van der Waals surface area (Å²) < 4.78 is 5.63. The van der Waals surface area contributed by atoms with E-state index in [0.717, 1.165) is 17.7 Å². The fraction of sp³-hybridized carbons (Fsp3) is 0.429. The molecular formula is C28H26Br2N2O5. The fourth-order valence-corrected chi connectivity index (χ4v) is 8.51. The molecule has 2 saturated carbocycles. The molecule has 2 aromatic carbocycles. The highest BCUT2D eigenvalue weighted by Crippen LogP contribution is 2.60. The molecule has 6 rings (SSSR count). The number of esters is 1. The number of benzene rings is 2. The zero-order valence-electron chi connectivity index (χ0n) is 20.4. The largest absolute Gasteiger partial charge is 0.426 e. The molecule has 2 aliphatic heterocycles. The van der Waals surface area contributed by atoms with Crippen molar-refractivity contribution in [2.45, 2.75) is 36.3 Å². The SMILES string of the molecule is Cc1cccc(N2C[C@H](C(=O)Oc3ccc(N4C(=O)[C@@H]5[C@H]6C[C@@H]([C@@H](Br)[C@H]6Br)[C@H]5C4=O)c(C)c3)CC2=O)c1. The Morgan fingerprint density at radius 3 is 2.24 bits per heavy atom. The zero-order chi connectivity index (χ0) is 26.2. The number of fused-ring (bicyclic) bond motifs is 5. The molecule has 4 aliphatic rings. The molecule has 2 aliphatic carbocycles. The molecule has 0 aromatic heterocycles. The fourth-order valence-electron chi connectivity index (χ4n) is 6.64. The van der Waals surface area contributed by atoms with Crippen molar-refractivity contribution in [2.75, 3.05) is 16.3 Å². The van der Waals surface area contributed by atoms with E-state index in [4.69, 9.17) is 4.74 Å². The number of nitrogens with zero attached hydrogens (tertiary/aromatic N) is 2. The van der Waals surface area contributed by atoms with Gasteiger partial charge in [-0.15, -0.1) is 0 Å². The van der Waals surface area contributed by atoms with Gasteiger partial charge in [-0.05, 0) is 73.6 Å². The van der Waals surface area contributed by atoms with E-state index in [9.17, 15) is 19.2 Å². The number of halogens is 2. The van der Waals surface area contributed by atoms with E-state index in [1.54, 1.807) is 30.0 Å². The lowest BCUT2D eigenvalue weighted by molar-refractivity contribution is -0.139. The van der Waals surface area contributed by atoms with E-state index in [-0.39, 0.29) is 64.0 Å². The number of rotatable bonds is 4. The maximum absolute atomic E-state index is 13.4. The third-order valence-corrected chi connectivity index (χ3v) is 11.6. The van der Waals surface area contributed by atoms with Crippen LogP contribution in [-0.4, -0.2) is 39.9 Å². The Labute approximate surface area is 231 Å². The minimum Gasteiger partial charge on any atom is -0.426 e. The molecule has 2 aromatic rings. The van der Waals surface area contributed by atoms with Crippen LogP contribution in [0.4, 0.5) is 11.4 Å². The van der Waals surface area contributed by atoms with Crippen molar-refractivity contribution >= 4 is 66.9 Å². The molecule has 0 radical (unpaired) electrons. The predicted octanol–water partition coefficient (Wildman–Crippen LogP) is 4.54. The number of amides is 3. The van der Waals surface area contributed by atoms with Crippen molar-refractivity contribution < 1.29 is 23.9 Å². The summed E-state index contributed by atoms with van der Waals surface area (Å²) >= 11 is 7.44. The monoisotopic (exact) mass is 628 g/mol. The Bertz CT molecular complexity index is 1310. The number of carbonyl (C=O) groups excluding carboxylic acids is 4. The number of hydrogen-bond donors (Lipinski definition) is 0. The molecule has 0 spiro atoms. The first-order valence-electron chi connectivity index (χ1n) is 12.5. The average molecular weight is 630 g/mol. The summed E-state index contributed by atoms with van der Waals surface area (Å²) in [6.07, 6.45) is 0.972. The Morgan fingerprint density at radius 2 is 1.62 bits per heavy atom. The Balaban J connectivity index is 1.16. The Morgan fingerprint density at radius 1 is 0.946 bits per heavy atom. The lowest BCUT2D eigenvalue weighted by atomic mass is 9.81. The number of ether oxygens (including phenoxy) is 1. The minimum absolute atomic E-state index is 0.0921. The molecule has 7 atom stereocenters. The third-order valence-electron chi connectivity index (χ3n) is 8.39. The van der Waals surface area contributed by atoms with Crippen molar-refractivity contribution in [1.29, 1.82) is 0 Å². The van der Waals surface area contributed by atoms with Gasteiger partial charge in [0.05, 0.1) is 23.4 Å². The van der Waals surface area contributed by atoms with E-state index >= 15 is 0 Å². The molecule has 0 N–H and O–H groups in total. The number of anilines is 2. The van der Waals surface area contributed by atoms with Crippen LogP contribution in [0.3, 0.4) is 0 Å². The van der Waals surface area contributed by atoms with Crippen LogP contribution in [-0.2, 0) is 19.2 Å². The van der Waals surface area contributed by atoms with E-state index in [2.05, 4.69) is 31.9 Å². The van der Waals surface area contributed by atoms with Gasteiger partial charge in [-0.1, -0.05) is 44.0 Å². The second-order valence-electron chi connectivity index (χ2n) is 10.6. The summed E-state index contributed by atoms with van der Waals surface area (Å²) in [4.78, 5) is 55.5. The van der Waals surface area contributed by atoms with Gasteiger partial charge in [0, 0.05) is 28.3 Å². The van der Waals surface area contributed by atoms with Gasteiger partial charge in [0.15, 0.2) is 0 Å². The second kappa shape index (κ2) is 9.05. The van der Waals surface area contributed by atoms with Crippen LogP contribution < -0.4 is 14.5 Å². The molecule has 2 saturated heterocycles. The van der Waals surface area contributed by atoms with Crippen molar-refractivity contribution in [3.05, 3.63) is 53.6 Å². The van der Waals surface area contributed by atoms with Gasteiger partial charge in [-0.2, -0.15) is 0 Å². The van der Waals surface area contributed by atoms with Gasteiger partial charge < -0.3 is 9.64 Å². The van der Waals surface area contributed by atoms with Gasteiger partial charge in [-0.3, -0.25) is 19.2 Å². The first-order chi connectivity index (χ1) is 17.7. The van der Waals surface area contributed by atoms with Crippen LogP contribution >= 0.6 is 31.9 Å². The molecule has 3 amide bonds. The highest BCUT2D eigenvalue weighted by atomic mass is 79.9. The molecule has 0 unspecified atom stereocenters. The van der Waals surface area contributed by atoms with Crippen LogP contribution in [0.15, 0.2) is 42.5 Å². The smallest absolute Gasteiger partial charge is 0.316 e. The molecule has 4 fully saturated rings. The van der Waals surface area contributed by atoms with E-state index in [1.165, 1.54) is 4.90 Å². The van der Waals surface area contributed by atoms with Gasteiger partial charge in [0.1, 0.15) is 5.75 Å². The van der Waals surface area contributed by atoms with Crippen LogP contribution in [0, 0.1) is 43.4 Å². The first-order valence-corrected chi connectivity index (χ1v) is 14.3. The molecular weight excluding hydrogens is 604 g/mol. The number of alkyl halides is 2. The molecule has 192 valence electrons. The first kappa shape index (κ1) is 24.8. The molecule has 2 bridgehead atoms. The number of aryl methyl sites for hydroxylation is 2. The van der Waals surface area contributed by atoms with Crippen LogP contribution in [0.1, 0.15) is 24.0 Å². The number of hydrogen-bond acceptors (Lipinski definition) is 5. The Kier molecular flexibility index (Phi) is 6.06. The molecule has 37 heavy (non-hydrogen) atoms. The van der Waals surface area contributed by atoms with Crippen LogP contribution in [0.25, 0.3) is 0 Å². The highest BCUT2D eigenvalue weighted by Gasteiger charge is 2.66. The zero-order valence-corrected chi connectivity index (χ0v) is 23.6. The summed E-state index contributed by atoms with van der Waals surface area (Å²) in [5.74, 6) is -1.38. The lowest BCUT2D eigenvalue weighted by Gasteiger charge is -2.28. The standard InChI is InChI=1S/C28H26Br2N2O5/c1-13-4-3-5-16(8-13)31-12-15(10-21(31)33)28(36)37-17-6-7-20(14(2)9-17)32-26(34)22-18-11-19(23(22)27(32)35)25(30)24(18)29/h3-9,15,18-19,22-25H,10-12H2,1-2H3/t15-,18-,19-,22-,23-,24-,25+/m1/s1. The third kappa shape index (κ3) is 3.88. The maximum atomic E-state index is 13.4. The van der Waals surface area contributed by atoms with Gasteiger partial charge >= 0.3 is 5.97 Å². The highest BCUT2D eigenvalue weighted by molar-refractivity contribution is 9.12. The lowest BCUT2D eigenvalue weighted by Crippen LogP contribution is -2.37. The Hall–Kier alpha value is -2.52. The second-order valence-corrected chi connectivity index (χ2v) is 12.7. The number of carbonyl (C=O) groups is 4. The van der Waals surface area contributed by atoms with E-state index in [1.807, 2.05) is 31.2 Å². The van der Waals surface area contributed by atoms with Crippen molar-refractivity contribution in [3.8, 4) is 5.75 Å². The minimum atomic E-state index is -0.570. The summed E-state index contributed by atoms with van der Waals surface area (Å²) in [5.41, 5.74) is 3.02. The van der Waals surface area contributed by atoms with E-state index in [0.29, 0.717) is 17.0 Å². The normalized spacial score (nSPS) is 32.4. The summed E-state index contributed by atoms with van der Waals surface area (Å²) in [7, 11) is 0. The van der Waals surface area contributed by atoms with Gasteiger partial charge in [0.25, 0.3) is 0 Å². The molecule has 2 heterocycles. The van der Waals surface area contributed by atoms with Gasteiger partial charge in [-0.25, -0.2) is 4.90 Å². The van der Waals surface area contributed by atoms with Crippen LogP contribution in [0.2, 0.25) is 0 Å². The summed E-state index contributed by atoms with van der Waals surface area (Å²) in [6, 6.07) is 12.6. The van der Waals surface area contributed by atoms with Crippen molar-refractivity contribution in [3.63, 3.8) is 0 Å². The predicted molar refractivity (Wildman–Crippen MR) is 145 cm³/mol. The van der Waals surface area contributed by atoms with Gasteiger partial charge in [0.2, 0.25) is 17.7 Å². The van der Waals surface area contributed by atoms with Crippen molar-refractivity contribution in [2.24, 2.45) is 29.6 Å². The maximum Gasteiger partial charge on any atom is 0.316 e. The number of imide groups is 1.